The molecular weight excluding hydrogens is 284 g/mol. The van der Waals surface area contributed by atoms with E-state index in [9.17, 15) is 10.1 Å². The Bertz CT molecular complexity index is 698. The summed E-state index contributed by atoms with van der Waals surface area (Å²) in [5.41, 5.74) is 2.94. The first-order chi connectivity index (χ1) is 10.7. The Labute approximate surface area is 127 Å². The summed E-state index contributed by atoms with van der Waals surface area (Å²) in [5, 5.41) is 14.5. The summed E-state index contributed by atoms with van der Waals surface area (Å²) in [7, 11) is 0. The third-order valence-corrected chi connectivity index (χ3v) is 3.41. The number of benzene rings is 2. The number of non-ortho nitro benzene ring substituents is 1. The largest absolute Gasteiger partial charge is 0.358 e. The van der Waals surface area contributed by atoms with Gasteiger partial charge >= 0.3 is 0 Å². The van der Waals surface area contributed by atoms with Gasteiger partial charge in [-0.25, -0.2) is 0 Å². The summed E-state index contributed by atoms with van der Waals surface area (Å²) in [4.78, 5) is 15.5. The van der Waals surface area contributed by atoms with Crippen LogP contribution in [0.3, 0.4) is 0 Å². The van der Waals surface area contributed by atoms with Crippen molar-refractivity contribution in [2.45, 2.75) is 12.7 Å². The molecular formula is C16H14N2O4. The molecule has 6 heteroatoms. The Morgan fingerprint density at radius 2 is 2.00 bits per heavy atom. The first-order valence-electron chi connectivity index (χ1n) is 6.87. The summed E-state index contributed by atoms with van der Waals surface area (Å²) in [5.74, 6) is 0. The number of hydrogen-bond donors (Lipinski definition) is 0. The molecule has 2 aromatic carbocycles. The highest BCUT2D eigenvalue weighted by atomic mass is 16.8. The molecule has 0 bridgehead atoms. The van der Waals surface area contributed by atoms with Gasteiger partial charge in [0.25, 0.3) is 12.0 Å². The maximum absolute atomic E-state index is 10.6. The number of rotatable bonds is 4. The molecule has 0 radical (unpaired) electrons. The normalized spacial score (nSPS) is 17.2. The van der Waals surface area contributed by atoms with Gasteiger partial charge in [-0.15, -0.1) is 0 Å². The second-order valence-corrected chi connectivity index (χ2v) is 4.84. The lowest BCUT2D eigenvalue weighted by atomic mass is 10.0. The monoisotopic (exact) mass is 298 g/mol. The van der Waals surface area contributed by atoms with Crippen LogP contribution in [0.2, 0.25) is 0 Å². The van der Waals surface area contributed by atoms with Crippen molar-refractivity contribution >= 4 is 11.9 Å². The van der Waals surface area contributed by atoms with Gasteiger partial charge in [0.1, 0.15) is 0 Å². The quantitative estimate of drug-likeness (QED) is 0.493. The van der Waals surface area contributed by atoms with Crippen LogP contribution < -0.4 is 0 Å². The fraction of sp³-hybridized carbons (Fsp3) is 0.188. The standard InChI is InChI=1S/C16H14N2O4/c19-18(20)14-7-5-12(6-8-14)11-17-22-16-15-4-2-1-3-13(15)9-10-21-16/h1-8,11,16H,9-10H2/b17-11+. The summed E-state index contributed by atoms with van der Waals surface area (Å²) >= 11 is 0. The van der Waals surface area contributed by atoms with Crippen molar-refractivity contribution in [1.29, 1.82) is 0 Å². The van der Waals surface area contributed by atoms with Gasteiger partial charge in [-0.05, 0) is 29.7 Å². The molecule has 1 atom stereocenters. The van der Waals surface area contributed by atoms with Crippen LogP contribution in [-0.2, 0) is 16.0 Å². The van der Waals surface area contributed by atoms with Crippen LogP contribution in [0.25, 0.3) is 0 Å². The molecule has 0 saturated heterocycles. The Hall–Kier alpha value is -2.73. The number of ether oxygens (including phenoxy) is 1. The lowest BCUT2D eigenvalue weighted by Gasteiger charge is -2.23. The lowest BCUT2D eigenvalue weighted by molar-refractivity contribution is -0.384. The SMILES string of the molecule is O=[N+]([O-])c1ccc(/C=N/OC2OCCc3ccccc32)cc1. The van der Waals surface area contributed by atoms with Gasteiger partial charge in [-0.2, -0.15) is 0 Å². The minimum Gasteiger partial charge on any atom is -0.358 e. The van der Waals surface area contributed by atoms with Crippen molar-refractivity contribution in [3.05, 3.63) is 75.3 Å². The lowest BCUT2D eigenvalue weighted by Crippen LogP contribution is -2.17. The van der Waals surface area contributed by atoms with Crippen molar-refractivity contribution in [3.63, 3.8) is 0 Å². The molecule has 2 aromatic rings. The van der Waals surface area contributed by atoms with E-state index in [0.717, 1.165) is 17.5 Å². The number of fused-ring (bicyclic) bond motifs is 1. The Kier molecular flexibility index (Phi) is 4.11. The first kappa shape index (κ1) is 14.2. The minimum atomic E-state index is -0.515. The van der Waals surface area contributed by atoms with Crippen LogP contribution in [0.4, 0.5) is 5.69 Å². The summed E-state index contributed by atoms with van der Waals surface area (Å²) in [6.45, 7) is 0.592. The molecule has 0 aliphatic carbocycles. The van der Waals surface area contributed by atoms with Crippen LogP contribution in [0.15, 0.2) is 53.7 Å². The van der Waals surface area contributed by atoms with Crippen LogP contribution in [0.5, 0.6) is 0 Å². The van der Waals surface area contributed by atoms with Crippen molar-refractivity contribution < 1.29 is 14.5 Å². The van der Waals surface area contributed by atoms with Crippen LogP contribution >= 0.6 is 0 Å². The fourth-order valence-corrected chi connectivity index (χ4v) is 2.27. The highest BCUT2D eigenvalue weighted by molar-refractivity contribution is 5.79. The predicted octanol–water partition coefficient (Wildman–Crippen LogP) is 3.22. The topological polar surface area (TPSA) is 74.0 Å². The molecule has 3 rings (SSSR count). The Morgan fingerprint density at radius 3 is 2.77 bits per heavy atom. The van der Waals surface area contributed by atoms with Gasteiger partial charge in [0, 0.05) is 17.7 Å². The zero-order chi connectivity index (χ0) is 15.4. The molecule has 6 nitrogen and oxygen atoms in total. The van der Waals surface area contributed by atoms with Gasteiger partial charge in [-0.1, -0.05) is 29.4 Å². The first-order valence-corrected chi connectivity index (χ1v) is 6.87. The second-order valence-electron chi connectivity index (χ2n) is 4.84. The number of hydrogen-bond acceptors (Lipinski definition) is 5. The highest BCUT2D eigenvalue weighted by Crippen LogP contribution is 2.27. The average Bonchev–Trinajstić information content (AvgIpc) is 2.55. The molecule has 1 heterocycles. The molecule has 0 amide bonds. The van der Waals surface area contributed by atoms with Gasteiger partial charge in [0.15, 0.2) is 0 Å². The van der Waals surface area contributed by atoms with E-state index in [0.29, 0.717) is 6.61 Å². The van der Waals surface area contributed by atoms with E-state index < -0.39 is 11.2 Å². The fourth-order valence-electron chi connectivity index (χ4n) is 2.27. The summed E-state index contributed by atoms with van der Waals surface area (Å²) in [6.07, 6.45) is 1.85. The molecule has 0 N–H and O–H groups in total. The van der Waals surface area contributed by atoms with E-state index in [4.69, 9.17) is 9.57 Å². The zero-order valence-electron chi connectivity index (χ0n) is 11.7. The van der Waals surface area contributed by atoms with Crippen LogP contribution in [0.1, 0.15) is 23.0 Å². The summed E-state index contributed by atoms with van der Waals surface area (Å²) < 4.78 is 5.57. The highest BCUT2D eigenvalue weighted by Gasteiger charge is 2.21. The molecule has 0 fully saturated rings. The Morgan fingerprint density at radius 1 is 1.23 bits per heavy atom. The van der Waals surface area contributed by atoms with Crippen molar-refractivity contribution in [1.82, 2.24) is 0 Å². The smallest absolute Gasteiger partial charge is 0.269 e. The van der Waals surface area contributed by atoms with Crippen LogP contribution in [0, 0.1) is 10.1 Å². The molecule has 22 heavy (non-hydrogen) atoms. The molecule has 1 unspecified atom stereocenters. The number of nitro groups is 1. The third-order valence-electron chi connectivity index (χ3n) is 3.41. The maximum Gasteiger partial charge on any atom is 0.269 e. The van der Waals surface area contributed by atoms with Gasteiger partial charge in [0.05, 0.1) is 17.7 Å². The van der Waals surface area contributed by atoms with Crippen molar-refractivity contribution in [2.75, 3.05) is 6.61 Å². The molecule has 1 aliphatic heterocycles. The van der Waals surface area contributed by atoms with E-state index in [-0.39, 0.29) is 5.69 Å². The van der Waals surface area contributed by atoms with Crippen LogP contribution in [-0.4, -0.2) is 17.7 Å². The minimum absolute atomic E-state index is 0.0441. The van der Waals surface area contributed by atoms with E-state index in [1.165, 1.54) is 23.9 Å². The van der Waals surface area contributed by atoms with E-state index >= 15 is 0 Å². The van der Waals surface area contributed by atoms with Crippen molar-refractivity contribution in [3.8, 4) is 0 Å². The molecule has 0 saturated carbocycles. The molecule has 1 aliphatic rings. The number of nitro benzene ring substituents is 1. The third kappa shape index (κ3) is 3.12. The molecule has 112 valence electrons. The van der Waals surface area contributed by atoms with Gasteiger partial charge < -0.3 is 9.57 Å². The van der Waals surface area contributed by atoms with Crippen molar-refractivity contribution in [2.24, 2.45) is 5.16 Å². The molecule has 0 spiro atoms. The predicted molar refractivity (Wildman–Crippen MR) is 80.6 cm³/mol. The maximum atomic E-state index is 10.6. The number of nitrogens with zero attached hydrogens (tertiary/aromatic N) is 2. The van der Waals surface area contributed by atoms with E-state index in [1.807, 2.05) is 24.3 Å². The molecule has 0 aromatic heterocycles. The average molecular weight is 298 g/mol. The van der Waals surface area contributed by atoms with Gasteiger partial charge in [0.2, 0.25) is 0 Å². The second kappa shape index (κ2) is 6.36. The Balaban J connectivity index is 1.66. The zero-order valence-corrected chi connectivity index (χ0v) is 11.7. The van der Waals surface area contributed by atoms with Gasteiger partial charge in [-0.3, -0.25) is 10.1 Å². The summed E-state index contributed by atoms with van der Waals surface area (Å²) in [6, 6.07) is 14.0. The number of oxime groups is 1. The van der Waals surface area contributed by atoms with E-state index in [1.54, 1.807) is 12.1 Å². The van der Waals surface area contributed by atoms with E-state index in [2.05, 4.69) is 5.16 Å².